The van der Waals surface area contributed by atoms with Gasteiger partial charge in [-0.25, -0.2) is 0 Å². The summed E-state index contributed by atoms with van der Waals surface area (Å²) in [6.45, 7) is 1.94. The van der Waals surface area contributed by atoms with Gasteiger partial charge in [-0.3, -0.25) is 4.98 Å². The summed E-state index contributed by atoms with van der Waals surface area (Å²) in [4.78, 5) is 4.70. The molecule has 1 N–H and O–H groups in total. The molecule has 110 valence electrons. The number of pyridine rings is 1. The van der Waals surface area contributed by atoms with E-state index in [0.717, 1.165) is 32.4 Å². The SMILES string of the molecule is CNCC[C@@]1(c2ccccn2)CCOC2(CCCC2)C1. The standard InChI is InChI=1S/C17H26N2O/c1-18-12-9-16(15-6-2-5-11-19-15)10-13-20-17(14-16)7-3-4-8-17/h2,5-6,11,18H,3-4,7-10,12-14H2,1H3/t16-/m1/s1. The molecule has 2 heterocycles. The molecule has 1 atom stereocenters. The van der Waals surface area contributed by atoms with E-state index in [-0.39, 0.29) is 11.0 Å². The molecule has 2 fully saturated rings. The molecule has 3 heteroatoms. The van der Waals surface area contributed by atoms with Crippen LogP contribution in [0, 0.1) is 0 Å². The van der Waals surface area contributed by atoms with Gasteiger partial charge in [0.2, 0.25) is 0 Å². The average molecular weight is 274 g/mol. The van der Waals surface area contributed by atoms with Gasteiger partial charge in [0.15, 0.2) is 0 Å². The van der Waals surface area contributed by atoms with Gasteiger partial charge in [0.1, 0.15) is 0 Å². The van der Waals surface area contributed by atoms with Gasteiger partial charge >= 0.3 is 0 Å². The molecule has 20 heavy (non-hydrogen) atoms. The van der Waals surface area contributed by atoms with Crippen LogP contribution in [0.1, 0.15) is 50.6 Å². The van der Waals surface area contributed by atoms with Gasteiger partial charge in [0.05, 0.1) is 5.60 Å². The smallest absolute Gasteiger partial charge is 0.0691 e. The molecule has 0 radical (unpaired) electrons. The Morgan fingerprint density at radius 3 is 2.80 bits per heavy atom. The Morgan fingerprint density at radius 1 is 1.25 bits per heavy atom. The second-order valence-corrected chi connectivity index (χ2v) is 6.51. The topological polar surface area (TPSA) is 34.2 Å². The number of aromatic nitrogens is 1. The van der Waals surface area contributed by atoms with Crippen LogP contribution in [0.15, 0.2) is 24.4 Å². The summed E-state index contributed by atoms with van der Waals surface area (Å²) in [5.74, 6) is 0. The average Bonchev–Trinajstić information content (AvgIpc) is 2.94. The number of nitrogens with one attached hydrogen (secondary N) is 1. The van der Waals surface area contributed by atoms with Crippen molar-refractivity contribution in [2.24, 2.45) is 0 Å². The first-order valence-corrected chi connectivity index (χ1v) is 7.99. The summed E-state index contributed by atoms with van der Waals surface area (Å²) in [7, 11) is 2.04. The van der Waals surface area contributed by atoms with E-state index < -0.39 is 0 Å². The van der Waals surface area contributed by atoms with E-state index in [1.165, 1.54) is 31.4 Å². The fraction of sp³-hybridized carbons (Fsp3) is 0.706. The zero-order valence-electron chi connectivity index (χ0n) is 12.5. The van der Waals surface area contributed by atoms with Gasteiger partial charge in [-0.1, -0.05) is 18.9 Å². The molecule has 1 aliphatic heterocycles. The minimum Gasteiger partial charge on any atom is -0.375 e. The minimum absolute atomic E-state index is 0.142. The molecule has 2 aliphatic rings. The zero-order valence-corrected chi connectivity index (χ0v) is 12.5. The normalized spacial score (nSPS) is 28.9. The monoisotopic (exact) mass is 274 g/mol. The zero-order chi connectivity index (χ0) is 13.9. The van der Waals surface area contributed by atoms with Crippen molar-refractivity contribution in [3.05, 3.63) is 30.1 Å². The molecule has 1 saturated heterocycles. The van der Waals surface area contributed by atoms with E-state index in [1.54, 1.807) is 0 Å². The van der Waals surface area contributed by atoms with E-state index in [1.807, 2.05) is 19.3 Å². The Bertz CT molecular complexity index is 428. The van der Waals surface area contributed by atoms with Gasteiger partial charge in [0, 0.05) is 23.9 Å². The van der Waals surface area contributed by atoms with Crippen LogP contribution in [-0.2, 0) is 10.2 Å². The molecular formula is C17H26N2O. The summed E-state index contributed by atoms with van der Waals surface area (Å²) in [5.41, 5.74) is 1.61. The first-order chi connectivity index (χ1) is 9.79. The molecule has 1 aromatic heterocycles. The number of ether oxygens (including phenoxy) is 1. The maximum absolute atomic E-state index is 6.23. The van der Waals surface area contributed by atoms with Crippen LogP contribution in [0.5, 0.6) is 0 Å². The summed E-state index contributed by atoms with van der Waals surface area (Å²) in [6, 6.07) is 6.35. The van der Waals surface area contributed by atoms with E-state index in [9.17, 15) is 0 Å². The van der Waals surface area contributed by atoms with Crippen molar-refractivity contribution < 1.29 is 4.74 Å². The highest BCUT2D eigenvalue weighted by molar-refractivity contribution is 5.20. The molecule has 0 bridgehead atoms. The third-order valence-corrected chi connectivity index (χ3v) is 5.23. The molecule has 0 unspecified atom stereocenters. The number of rotatable bonds is 4. The predicted octanol–water partition coefficient (Wildman–Crippen LogP) is 3.05. The van der Waals surface area contributed by atoms with Crippen LogP contribution < -0.4 is 5.32 Å². The highest BCUT2D eigenvalue weighted by Gasteiger charge is 2.48. The van der Waals surface area contributed by atoms with Gasteiger partial charge in [-0.15, -0.1) is 0 Å². The maximum atomic E-state index is 6.23. The maximum Gasteiger partial charge on any atom is 0.0691 e. The lowest BCUT2D eigenvalue weighted by molar-refractivity contribution is -0.104. The lowest BCUT2D eigenvalue weighted by Gasteiger charge is -2.46. The second kappa shape index (κ2) is 5.82. The fourth-order valence-electron chi connectivity index (χ4n) is 4.16. The highest BCUT2D eigenvalue weighted by Crippen LogP contribution is 2.49. The van der Waals surface area contributed by atoms with Gasteiger partial charge in [0.25, 0.3) is 0 Å². The molecule has 1 saturated carbocycles. The van der Waals surface area contributed by atoms with Crippen LogP contribution in [-0.4, -0.2) is 30.8 Å². The summed E-state index contributed by atoms with van der Waals surface area (Å²) >= 11 is 0. The Labute approximate surface area is 122 Å². The lowest BCUT2D eigenvalue weighted by Crippen LogP contribution is -2.47. The van der Waals surface area contributed by atoms with Crippen molar-refractivity contribution in [2.45, 2.75) is 56.0 Å². The fourth-order valence-corrected chi connectivity index (χ4v) is 4.16. The summed E-state index contributed by atoms with van der Waals surface area (Å²) in [5, 5.41) is 3.32. The van der Waals surface area contributed by atoms with E-state index in [2.05, 4.69) is 17.4 Å². The van der Waals surface area contributed by atoms with Crippen LogP contribution >= 0.6 is 0 Å². The number of hydrogen-bond donors (Lipinski definition) is 1. The molecule has 1 aliphatic carbocycles. The first kappa shape index (κ1) is 14.0. The molecule has 3 nitrogen and oxygen atoms in total. The molecule has 3 rings (SSSR count). The molecule has 1 spiro atoms. The van der Waals surface area contributed by atoms with Crippen molar-refractivity contribution in [3.63, 3.8) is 0 Å². The molecule has 1 aromatic rings. The van der Waals surface area contributed by atoms with Crippen molar-refractivity contribution in [2.75, 3.05) is 20.2 Å². The second-order valence-electron chi connectivity index (χ2n) is 6.51. The quantitative estimate of drug-likeness (QED) is 0.916. The number of nitrogens with zero attached hydrogens (tertiary/aromatic N) is 1. The first-order valence-electron chi connectivity index (χ1n) is 7.99. The van der Waals surface area contributed by atoms with Crippen LogP contribution in [0.25, 0.3) is 0 Å². The van der Waals surface area contributed by atoms with Crippen LogP contribution in [0.3, 0.4) is 0 Å². The van der Waals surface area contributed by atoms with Crippen molar-refractivity contribution >= 4 is 0 Å². The Balaban J connectivity index is 1.89. The van der Waals surface area contributed by atoms with Gasteiger partial charge in [-0.05, 0) is 57.8 Å². The molecule has 0 aromatic carbocycles. The van der Waals surface area contributed by atoms with Crippen molar-refractivity contribution in [1.82, 2.24) is 10.3 Å². The number of hydrogen-bond acceptors (Lipinski definition) is 3. The Morgan fingerprint density at radius 2 is 2.10 bits per heavy atom. The lowest BCUT2D eigenvalue weighted by atomic mass is 9.68. The molecular weight excluding hydrogens is 248 g/mol. The largest absolute Gasteiger partial charge is 0.375 e. The molecule has 0 amide bonds. The van der Waals surface area contributed by atoms with Crippen LogP contribution in [0.2, 0.25) is 0 Å². The van der Waals surface area contributed by atoms with Crippen molar-refractivity contribution in [3.8, 4) is 0 Å². The Hall–Kier alpha value is -0.930. The third kappa shape index (κ3) is 2.61. The van der Waals surface area contributed by atoms with Crippen LogP contribution in [0.4, 0.5) is 0 Å². The van der Waals surface area contributed by atoms with E-state index >= 15 is 0 Å². The minimum atomic E-state index is 0.142. The Kier molecular flexibility index (Phi) is 4.08. The van der Waals surface area contributed by atoms with Crippen molar-refractivity contribution in [1.29, 1.82) is 0 Å². The summed E-state index contributed by atoms with van der Waals surface area (Å²) in [6.07, 6.45) is 10.5. The third-order valence-electron chi connectivity index (χ3n) is 5.23. The highest BCUT2D eigenvalue weighted by atomic mass is 16.5. The predicted molar refractivity (Wildman–Crippen MR) is 80.8 cm³/mol. The van der Waals surface area contributed by atoms with E-state index in [4.69, 9.17) is 9.72 Å². The van der Waals surface area contributed by atoms with E-state index in [0.29, 0.717) is 0 Å². The summed E-state index contributed by atoms with van der Waals surface area (Å²) < 4.78 is 6.23. The van der Waals surface area contributed by atoms with Gasteiger partial charge < -0.3 is 10.1 Å². The van der Waals surface area contributed by atoms with Gasteiger partial charge in [-0.2, -0.15) is 0 Å².